The van der Waals surface area contributed by atoms with Crippen LogP contribution < -0.4 is 19.1 Å². The average Bonchev–Trinajstić information content (AvgIpc) is 3.69. The number of carbonyl (C=O) groups excluding carboxylic acids is 2. The molecule has 368 valence electrons. The molecule has 4 aliphatic rings. The molecule has 6 aromatic carbocycles. The molecule has 2 aliphatic carbocycles. The minimum absolute atomic E-state index is 0.0843. The Labute approximate surface area is 422 Å². The molecule has 2 atom stereocenters. The molecule has 2 heterocycles. The highest BCUT2D eigenvalue weighted by molar-refractivity contribution is 7.99. The summed E-state index contributed by atoms with van der Waals surface area (Å²) >= 11 is 1.72. The monoisotopic (exact) mass is 971 g/mol. The fourth-order valence-electron chi connectivity index (χ4n) is 11.2. The lowest BCUT2D eigenvalue weighted by Gasteiger charge is -2.40. The van der Waals surface area contributed by atoms with Crippen molar-refractivity contribution >= 4 is 46.2 Å². The summed E-state index contributed by atoms with van der Waals surface area (Å²) in [5.74, 6) is 1.01. The third-order valence-corrected chi connectivity index (χ3v) is 15.8. The smallest absolute Gasteiger partial charge is 0.311 e. The zero-order valence-corrected chi connectivity index (χ0v) is 42.2. The molecule has 10 heteroatoms. The van der Waals surface area contributed by atoms with E-state index in [0.29, 0.717) is 32.2 Å². The highest BCUT2D eigenvalue weighted by atomic mass is 32.2. The lowest BCUT2D eigenvalue weighted by molar-refractivity contribution is -0.153. The molecule has 10 rings (SSSR count). The zero-order chi connectivity index (χ0) is 48.8. The first-order valence-electron chi connectivity index (χ1n) is 25.7. The van der Waals surface area contributed by atoms with E-state index in [1.807, 2.05) is 24.3 Å². The van der Waals surface area contributed by atoms with Crippen molar-refractivity contribution in [1.29, 1.82) is 0 Å². The van der Waals surface area contributed by atoms with E-state index in [4.69, 9.17) is 28.4 Å². The van der Waals surface area contributed by atoms with Crippen LogP contribution >= 0.6 is 11.8 Å². The molecule has 6 aromatic rings. The Balaban J connectivity index is 1.06. The second-order valence-electron chi connectivity index (χ2n) is 19.4. The molecule has 0 amide bonds. The molecule has 0 radical (unpaired) electrons. The first-order chi connectivity index (χ1) is 34.8. The molecule has 0 bridgehead atoms. The fourth-order valence-corrected chi connectivity index (χ4v) is 12.2. The van der Waals surface area contributed by atoms with Gasteiger partial charge in [0.25, 0.3) is 0 Å². The second kappa shape index (κ2) is 21.7. The number of methoxy groups -OCH3 is 1. The Hall–Kier alpha value is -6.07. The summed E-state index contributed by atoms with van der Waals surface area (Å²) in [6, 6.07) is 40.5. The lowest BCUT2D eigenvalue weighted by atomic mass is 9.67. The number of ether oxygens (including phenoxy) is 6. The van der Waals surface area contributed by atoms with Crippen molar-refractivity contribution < 1.29 is 38.0 Å². The summed E-state index contributed by atoms with van der Waals surface area (Å²) in [6.45, 7) is 7.89. The van der Waals surface area contributed by atoms with Crippen LogP contribution in [0.25, 0.3) is 28.0 Å². The number of nitrogens with zero attached hydrogens (tertiary/aromatic N) is 1. The summed E-state index contributed by atoms with van der Waals surface area (Å²) in [4.78, 5) is 30.3. The molecule has 2 unspecified atom stereocenters. The van der Waals surface area contributed by atoms with Gasteiger partial charge in [-0.2, -0.15) is 0 Å². The van der Waals surface area contributed by atoms with Crippen LogP contribution in [0, 0.1) is 0 Å². The number of esters is 2. The average molecular weight is 972 g/mol. The van der Waals surface area contributed by atoms with Gasteiger partial charge in [-0.3, -0.25) is 9.59 Å². The lowest BCUT2D eigenvalue weighted by Crippen LogP contribution is -2.37. The van der Waals surface area contributed by atoms with E-state index in [0.717, 1.165) is 106 Å². The summed E-state index contributed by atoms with van der Waals surface area (Å²) in [7, 11) is 1.75. The van der Waals surface area contributed by atoms with Gasteiger partial charge in [0.05, 0.1) is 44.7 Å². The predicted octanol–water partition coefficient (Wildman–Crippen LogP) is 13.6. The first kappa shape index (κ1) is 48.6. The van der Waals surface area contributed by atoms with Crippen LogP contribution in [0.1, 0.15) is 112 Å². The fraction of sp³-hybridized carbons (Fsp3) is 0.377. The highest BCUT2D eigenvalue weighted by Gasteiger charge is 2.48. The van der Waals surface area contributed by atoms with Crippen molar-refractivity contribution in [2.45, 2.75) is 111 Å². The van der Waals surface area contributed by atoms with E-state index in [1.54, 1.807) is 25.8 Å². The normalized spacial score (nSPS) is 18.4. The van der Waals surface area contributed by atoms with E-state index < -0.39 is 23.6 Å². The Morgan fingerprint density at radius 1 is 0.789 bits per heavy atom. The minimum Gasteiger partial charge on any atom is -0.496 e. The number of morpholine rings is 1. The van der Waals surface area contributed by atoms with Gasteiger partial charge in [-0.25, -0.2) is 0 Å². The van der Waals surface area contributed by atoms with Crippen LogP contribution in [-0.2, 0) is 34.8 Å². The molecule has 71 heavy (non-hydrogen) atoms. The largest absolute Gasteiger partial charge is 0.496 e. The SMILES string of the molecule is CCCCOCC(C)OC(=O)CCC(=O)Oc1ccc(C2(c3ccc(N4CCOCC4)cc3)C=Cc3c4c(c5cc(Sc6ccccc6)c(OC)cc5c3O2)-c2ccccc2C42CCCCCCC2)cc1. The number of rotatable bonds is 16. The molecule has 1 saturated heterocycles. The summed E-state index contributed by atoms with van der Waals surface area (Å²) in [5.41, 5.74) is 8.25. The van der Waals surface area contributed by atoms with E-state index in [1.165, 1.54) is 41.5 Å². The Morgan fingerprint density at radius 2 is 1.48 bits per heavy atom. The van der Waals surface area contributed by atoms with Gasteiger partial charge < -0.3 is 33.3 Å². The third kappa shape index (κ3) is 9.96. The molecule has 9 nitrogen and oxygen atoms in total. The van der Waals surface area contributed by atoms with E-state index in [-0.39, 0.29) is 18.3 Å². The quantitative estimate of drug-likeness (QED) is 0.0530. The van der Waals surface area contributed by atoms with Gasteiger partial charge in [-0.05, 0) is 108 Å². The van der Waals surface area contributed by atoms with Crippen LogP contribution in [0.3, 0.4) is 0 Å². The summed E-state index contributed by atoms with van der Waals surface area (Å²) in [6.07, 6.45) is 14.2. The summed E-state index contributed by atoms with van der Waals surface area (Å²) < 4.78 is 36.7. The van der Waals surface area contributed by atoms with Gasteiger partial charge in [0, 0.05) is 57.8 Å². The number of fused-ring (bicyclic) bond motifs is 10. The van der Waals surface area contributed by atoms with Crippen LogP contribution in [0.2, 0.25) is 0 Å². The molecule has 1 saturated carbocycles. The maximum atomic E-state index is 13.1. The Bertz CT molecular complexity index is 2870. The number of hydrogen-bond acceptors (Lipinski definition) is 10. The van der Waals surface area contributed by atoms with Gasteiger partial charge in [-0.1, -0.05) is 130 Å². The van der Waals surface area contributed by atoms with Gasteiger partial charge in [-0.15, -0.1) is 0 Å². The Kier molecular flexibility index (Phi) is 14.9. The number of carbonyl (C=O) groups is 2. The van der Waals surface area contributed by atoms with Crippen molar-refractivity contribution in [3.8, 4) is 28.4 Å². The zero-order valence-electron chi connectivity index (χ0n) is 41.3. The van der Waals surface area contributed by atoms with Crippen molar-refractivity contribution in [2.75, 3.05) is 51.5 Å². The Morgan fingerprint density at radius 3 is 2.21 bits per heavy atom. The van der Waals surface area contributed by atoms with Crippen LogP contribution in [0.5, 0.6) is 17.2 Å². The maximum Gasteiger partial charge on any atom is 0.311 e. The molecule has 2 aliphatic heterocycles. The third-order valence-electron chi connectivity index (χ3n) is 14.7. The molecule has 0 N–H and O–H groups in total. The van der Waals surface area contributed by atoms with Crippen LogP contribution in [0.4, 0.5) is 5.69 Å². The van der Waals surface area contributed by atoms with Crippen molar-refractivity contribution in [3.05, 3.63) is 149 Å². The van der Waals surface area contributed by atoms with E-state index >= 15 is 0 Å². The first-order valence-corrected chi connectivity index (χ1v) is 26.6. The van der Waals surface area contributed by atoms with Gasteiger partial charge >= 0.3 is 11.9 Å². The standard InChI is InChI=1S/C61H65NO8S/c1-4-5-36-67-41-42(2)68-55(63)28-29-56(64)69-46-26-22-44(23-27-46)61(43-20-24-45(25-21-43)62-34-37-66-38-35-62)33-30-49-58-57(48-18-12-13-19-52(48)60(58)31-14-7-6-8-15-32-60)50-40-54(71-47-16-10-9-11-17-47)53(65-3)39-51(50)59(49)70-61/h9-13,16-27,30,33,39-40,42H,4-8,14-15,28-29,31-32,34-38,41H2,1-3H3. The topological polar surface area (TPSA) is 92.8 Å². The molecule has 0 aromatic heterocycles. The number of hydrogen-bond donors (Lipinski definition) is 0. The summed E-state index contributed by atoms with van der Waals surface area (Å²) in [5, 5.41) is 2.14. The molecular weight excluding hydrogens is 907 g/mol. The predicted molar refractivity (Wildman–Crippen MR) is 282 cm³/mol. The maximum absolute atomic E-state index is 13.1. The number of benzene rings is 6. The van der Waals surface area contributed by atoms with Crippen LogP contribution in [-0.4, -0.2) is 64.7 Å². The molecule has 1 spiro atoms. The number of anilines is 1. The van der Waals surface area contributed by atoms with Crippen LogP contribution in [0.15, 0.2) is 131 Å². The second-order valence-corrected chi connectivity index (χ2v) is 20.5. The van der Waals surface area contributed by atoms with Crippen molar-refractivity contribution in [1.82, 2.24) is 0 Å². The molecular formula is C61H65NO8S. The van der Waals surface area contributed by atoms with E-state index in [2.05, 4.69) is 115 Å². The number of unbranched alkanes of at least 4 members (excludes halogenated alkanes) is 1. The van der Waals surface area contributed by atoms with Crippen molar-refractivity contribution in [2.24, 2.45) is 0 Å². The highest BCUT2D eigenvalue weighted by Crippen LogP contribution is 2.62. The van der Waals surface area contributed by atoms with Crippen molar-refractivity contribution in [3.63, 3.8) is 0 Å². The minimum atomic E-state index is -1.08. The molecule has 2 fully saturated rings. The van der Waals surface area contributed by atoms with Gasteiger partial charge in [0.15, 0.2) is 5.60 Å². The van der Waals surface area contributed by atoms with Gasteiger partial charge in [0.1, 0.15) is 23.4 Å². The van der Waals surface area contributed by atoms with Gasteiger partial charge in [0.2, 0.25) is 0 Å². The van der Waals surface area contributed by atoms with E-state index in [9.17, 15) is 9.59 Å².